The van der Waals surface area contributed by atoms with Crippen LogP contribution in [-0.4, -0.2) is 61.7 Å². The van der Waals surface area contributed by atoms with Gasteiger partial charge in [0.1, 0.15) is 0 Å². The Morgan fingerprint density at radius 2 is 0.679 bits per heavy atom. The molecule has 0 unspecified atom stereocenters. The van der Waals surface area contributed by atoms with Crippen molar-refractivity contribution in [3.63, 3.8) is 0 Å². The van der Waals surface area contributed by atoms with E-state index in [1.807, 2.05) is 0 Å². The lowest BCUT2D eigenvalue weighted by molar-refractivity contribution is -0.115. The number of hydrogen-bond acceptors (Lipinski definition) is 13. The van der Waals surface area contributed by atoms with Crippen LogP contribution in [0.25, 0.3) is 0 Å². The number of nitrogens with one attached hydrogen (secondary N) is 3. The normalized spacial score (nSPS) is 13.6. The second-order valence-corrected chi connectivity index (χ2v) is 19.4. The van der Waals surface area contributed by atoms with Crippen LogP contribution in [0.2, 0.25) is 0 Å². The molecule has 0 atom stereocenters. The number of amides is 3. The Bertz CT molecular complexity index is 2110. The molecule has 0 saturated carbocycles. The number of phosphoric ester groups is 1. The van der Waals surface area contributed by atoms with Gasteiger partial charge in [0.15, 0.2) is 42.6 Å². The Morgan fingerprint density at radius 1 is 0.472 bits per heavy atom. The number of hydrogen-bond donors (Lipinski definition) is 3. The summed E-state index contributed by atoms with van der Waals surface area (Å²) in [4.78, 5) is 40.5. The topological polar surface area (TPSA) is 234 Å². The van der Waals surface area contributed by atoms with E-state index in [-0.39, 0.29) is 17.1 Å². The average Bonchev–Trinajstić information content (AvgIpc) is 3.08. The minimum Gasteiger partial charge on any atom is -0.378 e. The van der Waals surface area contributed by atoms with Crippen LogP contribution < -0.4 is 16.0 Å². The summed E-state index contributed by atoms with van der Waals surface area (Å²) in [5.74, 6) is -9.38. The first-order valence-corrected chi connectivity index (χ1v) is 22.4. The highest BCUT2D eigenvalue weighted by Gasteiger charge is 2.45. The highest BCUT2D eigenvalue weighted by molar-refractivity contribution is 7.96. The molecule has 3 aromatic rings. The lowest BCUT2D eigenvalue weighted by Crippen LogP contribution is -2.24. The van der Waals surface area contributed by atoms with Gasteiger partial charge in [-0.2, -0.15) is 4.57 Å². The SMILES string of the molecule is CS(=O)(=O)/C(Cl)=C(\OP(=O)(O/C(C(=O)Nc1ccccc1)=C(/Cl)S(C)(=O)=O)O/C(C(=O)Nc1ccccc1)=C(/Cl)S(C)(=O)=O)C(=O)Nc1ccccc1. The van der Waals surface area contributed by atoms with Crippen LogP contribution >= 0.6 is 42.6 Å². The number of phosphoric acid groups is 1. The van der Waals surface area contributed by atoms with Crippen molar-refractivity contribution in [2.45, 2.75) is 0 Å². The van der Waals surface area contributed by atoms with E-state index in [9.17, 15) is 44.2 Å². The number of carbonyl (C=O) groups excluding carboxylic acids is 3. The van der Waals surface area contributed by atoms with E-state index in [2.05, 4.69) is 16.0 Å². The number of carbonyl (C=O) groups is 3. The highest BCUT2D eigenvalue weighted by Crippen LogP contribution is 2.57. The molecular weight excluding hydrogens is 844 g/mol. The van der Waals surface area contributed by atoms with Gasteiger partial charge in [-0.1, -0.05) is 89.4 Å². The van der Waals surface area contributed by atoms with Crippen molar-refractivity contribution >= 4 is 107 Å². The summed E-state index contributed by atoms with van der Waals surface area (Å²) in [7, 11) is -20.2. The van der Waals surface area contributed by atoms with Gasteiger partial charge >= 0.3 is 7.82 Å². The van der Waals surface area contributed by atoms with Crippen molar-refractivity contribution in [1.29, 1.82) is 0 Å². The molecular formula is C30H27Cl3N3O13PS3. The molecule has 0 radical (unpaired) electrons. The van der Waals surface area contributed by atoms with Gasteiger partial charge in [0.05, 0.1) is 0 Å². The van der Waals surface area contributed by atoms with Crippen molar-refractivity contribution < 1.29 is 57.8 Å². The molecule has 0 aliphatic rings. The fourth-order valence-electron chi connectivity index (χ4n) is 3.52. The zero-order valence-electron chi connectivity index (χ0n) is 27.3. The molecule has 0 aromatic heterocycles. The summed E-state index contributed by atoms with van der Waals surface area (Å²) in [5.41, 5.74) is -0.00243. The molecule has 3 rings (SSSR count). The van der Waals surface area contributed by atoms with Crippen LogP contribution in [0, 0.1) is 0 Å². The van der Waals surface area contributed by atoms with Crippen molar-refractivity contribution in [3.05, 3.63) is 121 Å². The second-order valence-electron chi connectivity index (χ2n) is 10.3. The van der Waals surface area contributed by atoms with Crippen LogP contribution in [0.5, 0.6) is 0 Å². The summed E-state index contributed by atoms with van der Waals surface area (Å²) < 4.78 is 101. The fraction of sp³-hybridized carbons (Fsp3) is 0.100. The highest BCUT2D eigenvalue weighted by atomic mass is 35.5. The largest absolute Gasteiger partial charge is 0.647 e. The van der Waals surface area contributed by atoms with E-state index in [0.717, 1.165) is 0 Å². The first-order chi connectivity index (χ1) is 24.5. The number of sulfone groups is 3. The third-order valence-electron chi connectivity index (χ3n) is 5.84. The number of halogens is 3. The third kappa shape index (κ3) is 12.6. The smallest absolute Gasteiger partial charge is 0.378 e. The molecule has 0 aliphatic carbocycles. The van der Waals surface area contributed by atoms with Gasteiger partial charge in [-0.05, 0) is 36.4 Å². The lowest BCUT2D eigenvalue weighted by Gasteiger charge is -2.23. The number of benzene rings is 3. The number of anilines is 3. The standard InChI is InChI=1S/C30H27Cl3N3O13PS3/c1-51(41,42)25(31)22(28(37)34-19-13-7-4-8-14-19)47-50(40,48-23(26(32)52(2,43)44)29(38)35-20-15-9-5-10-16-20)49-24(27(33)53(3,45)46)30(39)36-21-17-11-6-12-18-21/h4-18H,1-3H3,(H,34,37)(H,35,38)(H,36,39)/b25-22-,26-23-,27-24-. The Labute approximate surface area is 319 Å². The Hall–Kier alpha value is -4.36. The van der Waals surface area contributed by atoms with E-state index in [4.69, 9.17) is 48.4 Å². The van der Waals surface area contributed by atoms with E-state index in [1.165, 1.54) is 72.8 Å². The maximum atomic E-state index is 14.7. The van der Waals surface area contributed by atoms with Gasteiger partial charge in [-0.15, -0.1) is 0 Å². The molecule has 0 heterocycles. The number of rotatable bonds is 15. The Balaban J connectivity index is 2.35. The van der Waals surface area contributed by atoms with E-state index < -0.39 is 85.4 Å². The molecule has 53 heavy (non-hydrogen) atoms. The summed E-state index contributed by atoms with van der Waals surface area (Å²) in [6.45, 7) is 0. The molecule has 0 bridgehead atoms. The minimum absolute atomic E-state index is 0.000809. The minimum atomic E-state index is -6.24. The van der Waals surface area contributed by atoms with Gasteiger partial charge in [0.2, 0.25) is 17.3 Å². The van der Waals surface area contributed by atoms with Crippen molar-refractivity contribution in [2.75, 3.05) is 34.7 Å². The van der Waals surface area contributed by atoms with Gasteiger partial charge in [-0.3, -0.25) is 14.4 Å². The summed E-state index contributed by atoms with van der Waals surface area (Å²) in [5, 5.41) is 6.60. The molecule has 3 amide bonds. The van der Waals surface area contributed by atoms with E-state index in [0.29, 0.717) is 18.8 Å². The van der Waals surface area contributed by atoms with Gasteiger partial charge in [0.25, 0.3) is 17.7 Å². The van der Waals surface area contributed by atoms with Gasteiger partial charge in [-0.25, -0.2) is 25.3 Å². The van der Waals surface area contributed by atoms with Crippen LogP contribution in [0.3, 0.4) is 0 Å². The van der Waals surface area contributed by atoms with Crippen molar-refractivity contribution in [1.82, 2.24) is 0 Å². The first kappa shape index (κ1) is 43.0. The quantitative estimate of drug-likeness (QED) is 0.0985. The summed E-state index contributed by atoms with van der Waals surface area (Å²) in [6.07, 6.45) is 1.50. The third-order valence-corrected chi connectivity index (χ3v) is 12.6. The lowest BCUT2D eigenvalue weighted by atomic mass is 10.3. The predicted molar refractivity (Wildman–Crippen MR) is 199 cm³/mol. The molecule has 284 valence electrons. The Morgan fingerprint density at radius 3 is 0.868 bits per heavy atom. The van der Waals surface area contributed by atoms with Crippen molar-refractivity contribution in [3.8, 4) is 0 Å². The summed E-state index contributed by atoms with van der Waals surface area (Å²) >= 11 is 18.1. The number of para-hydroxylation sites is 3. The molecule has 16 nitrogen and oxygen atoms in total. The monoisotopic (exact) mass is 869 g/mol. The van der Waals surface area contributed by atoms with Crippen LogP contribution in [0.15, 0.2) is 121 Å². The molecule has 3 N–H and O–H groups in total. The van der Waals surface area contributed by atoms with Gasteiger partial charge in [0, 0.05) is 35.8 Å². The fourth-order valence-corrected chi connectivity index (χ4v) is 6.96. The van der Waals surface area contributed by atoms with Crippen LogP contribution in [0.1, 0.15) is 0 Å². The van der Waals surface area contributed by atoms with Crippen LogP contribution in [0.4, 0.5) is 17.1 Å². The summed E-state index contributed by atoms with van der Waals surface area (Å²) in [6, 6.07) is 21.4. The van der Waals surface area contributed by atoms with E-state index in [1.54, 1.807) is 18.2 Å². The van der Waals surface area contributed by atoms with E-state index >= 15 is 0 Å². The molecule has 0 saturated heterocycles. The first-order valence-electron chi connectivity index (χ1n) is 14.1. The second kappa shape index (κ2) is 17.6. The van der Waals surface area contributed by atoms with Crippen molar-refractivity contribution in [2.24, 2.45) is 0 Å². The maximum Gasteiger partial charge on any atom is 0.647 e. The maximum absolute atomic E-state index is 14.7. The molecule has 3 aromatic carbocycles. The molecule has 23 heteroatoms. The molecule has 0 fully saturated rings. The average molecular weight is 871 g/mol. The van der Waals surface area contributed by atoms with Crippen LogP contribution in [-0.2, 0) is 62.0 Å². The molecule has 0 spiro atoms. The molecule has 0 aliphatic heterocycles. The zero-order valence-corrected chi connectivity index (χ0v) is 32.9. The van der Waals surface area contributed by atoms with Gasteiger partial charge < -0.3 is 29.5 Å². The predicted octanol–water partition coefficient (Wildman–Crippen LogP) is 5.42. The zero-order chi connectivity index (χ0) is 39.8. The Kier molecular flexibility index (Phi) is 14.3.